The fourth-order valence-electron chi connectivity index (χ4n) is 5.22. The van der Waals surface area contributed by atoms with Crippen molar-refractivity contribution in [3.05, 3.63) is 48.0 Å². The van der Waals surface area contributed by atoms with Crippen molar-refractivity contribution >= 4 is 22.7 Å². The summed E-state index contributed by atoms with van der Waals surface area (Å²) in [5.74, 6) is 1.91. The Morgan fingerprint density at radius 3 is 2.37 bits per heavy atom. The fraction of sp³-hybridized carbons (Fsp3) is 0.519. The van der Waals surface area contributed by atoms with Crippen molar-refractivity contribution in [1.29, 1.82) is 0 Å². The number of hydrogen-bond acceptors (Lipinski definition) is 4. The maximum atomic E-state index is 12.5. The molecular weight excluding hydrogens is 455 g/mol. The van der Waals surface area contributed by atoms with Crippen LogP contribution in [-0.4, -0.2) is 21.0 Å². The van der Waals surface area contributed by atoms with E-state index in [-0.39, 0.29) is 11.8 Å². The number of fused-ring (bicyclic) bond motifs is 1. The summed E-state index contributed by atoms with van der Waals surface area (Å²) < 4.78 is 43.9. The van der Waals surface area contributed by atoms with Gasteiger partial charge in [0.1, 0.15) is 5.75 Å². The predicted octanol–water partition coefficient (Wildman–Crippen LogP) is 7.54. The molecule has 5 nitrogen and oxygen atoms in total. The van der Waals surface area contributed by atoms with Gasteiger partial charge >= 0.3 is 6.36 Å². The number of nitrogens with zero attached hydrogens (tertiary/aromatic N) is 2. The number of anilines is 2. The minimum Gasteiger partial charge on any atom is -0.406 e. The van der Waals surface area contributed by atoms with Gasteiger partial charge in [-0.2, -0.15) is 0 Å². The lowest BCUT2D eigenvalue weighted by Gasteiger charge is -2.39. The number of rotatable bonds is 6. The Labute approximate surface area is 204 Å². The van der Waals surface area contributed by atoms with Crippen LogP contribution in [0.2, 0.25) is 0 Å². The molecular formula is C27H34F3N3O2. The molecule has 1 aliphatic carbocycles. The zero-order chi connectivity index (χ0) is 25.5. The monoisotopic (exact) mass is 489 g/mol. The maximum absolute atomic E-state index is 12.5. The average molecular weight is 490 g/mol. The summed E-state index contributed by atoms with van der Waals surface area (Å²) in [6.45, 7) is 10.3. The molecule has 0 radical (unpaired) electrons. The number of aliphatic hydroxyl groups is 1. The minimum atomic E-state index is -4.73. The van der Waals surface area contributed by atoms with E-state index in [9.17, 15) is 18.3 Å². The quantitative estimate of drug-likeness (QED) is 0.376. The second-order valence-corrected chi connectivity index (χ2v) is 10.7. The number of imidazole rings is 1. The van der Waals surface area contributed by atoms with Crippen molar-refractivity contribution < 1.29 is 23.0 Å². The summed E-state index contributed by atoms with van der Waals surface area (Å²) in [5, 5.41) is 13.9. The highest BCUT2D eigenvalue weighted by atomic mass is 19.4. The third kappa shape index (κ3) is 5.74. The molecule has 2 aromatic carbocycles. The van der Waals surface area contributed by atoms with Crippen LogP contribution in [0.3, 0.4) is 0 Å². The first-order chi connectivity index (χ1) is 16.3. The highest BCUT2D eigenvalue weighted by Gasteiger charge is 2.35. The zero-order valence-electron chi connectivity index (χ0n) is 20.9. The Hall–Kier alpha value is -2.74. The predicted molar refractivity (Wildman–Crippen MR) is 132 cm³/mol. The molecule has 4 rings (SSSR count). The van der Waals surface area contributed by atoms with Crippen molar-refractivity contribution in [3.63, 3.8) is 0 Å². The van der Waals surface area contributed by atoms with E-state index in [0.717, 1.165) is 29.4 Å². The topological polar surface area (TPSA) is 59.3 Å². The number of alkyl halides is 3. The van der Waals surface area contributed by atoms with Crippen LogP contribution in [0.1, 0.15) is 65.5 Å². The van der Waals surface area contributed by atoms with Gasteiger partial charge in [-0.25, -0.2) is 4.98 Å². The van der Waals surface area contributed by atoms with Crippen molar-refractivity contribution in [2.45, 2.75) is 71.9 Å². The van der Waals surface area contributed by atoms with Crippen LogP contribution < -0.4 is 10.1 Å². The van der Waals surface area contributed by atoms with Gasteiger partial charge in [-0.05, 0) is 86.4 Å². The SMILES string of the molecule is CC(C)[C@@H]1CC[C@@H](C)C[C@H]1n1c(Nc2ccc(OC(F)(F)F)cc2)nc2cc(C(C)(C)O)ccc21. The highest BCUT2D eigenvalue weighted by molar-refractivity contribution is 5.81. The molecule has 0 unspecified atom stereocenters. The van der Waals surface area contributed by atoms with Gasteiger partial charge in [0.25, 0.3) is 0 Å². The molecule has 0 bridgehead atoms. The Balaban J connectivity index is 1.77. The van der Waals surface area contributed by atoms with Gasteiger partial charge in [0.2, 0.25) is 5.95 Å². The third-order valence-electron chi connectivity index (χ3n) is 7.06. The van der Waals surface area contributed by atoms with Crippen LogP contribution in [0.15, 0.2) is 42.5 Å². The molecule has 1 heterocycles. The molecule has 3 atom stereocenters. The normalized spacial score (nSPS) is 21.5. The number of benzene rings is 2. The Bertz CT molecular complexity index is 1160. The Kier molecular flexibility index (Phi) is 6.79. The molecule has 8 heteroatoms. The van der Waals surface area contributed by atoms with Crippen molar-refractivity contribution in [2.75, 3.05) is 5.32 Å². The molecule has 35 heavy (non-hydrogen) atoms. The lowest BCUT2D eigenvalue weighted by Crippen LogP contribution is -2.30. The third-order valence-corrected chi connectivity index (χ3v) is 7.06. The minimum absolute atomic E-state index is 0.229. The van der Waals surface area contributed by atoms with E-state index in [2.05, 4.69) is 35.4 Å². The summed E-state index contributed by atoms with van der Waals surface area (Å²) in [6.07, 6.45) is -1.38. The molecule has 0 spiro atoms. The number of ether oxygens (including phenoxy) is 1. The van der Waals surface area contributed by atoms with Gasteiger partial charge in [0.15, 0.2) is 0 Å². The van der Waals surface area contributed by atoms with E-state index in [0.29, 0.717) is 29.4 Å². The summed E-state index contributed by atoms with van der Waals surface area (Å²) in [5.41, 5.74) is 2.13. The molecule has 190 valence electrons. The van der Waals surface area contributed by atoms with Gasteiger partial charge < -0.3 is 19.7 Å². The second kappa shape index (κ2) is 9.37. The number of nitrogens with one attached hydrogen (secondary N) is 1. The van der Waals surface area contributed by atoms with Gasteiger partial charge in [-0.15, -0.1) is 13.2 Å². The van der Waals surface area contributed by atoms with Crippen LogP contribution in [-0.2, 0) is 5.60 Å². The molecule has 0 aliphatic heterocycles. The molecule has 0 amide bonds. The maximum Gasteiger partial charge on any atom is 0.573 e. The summed E-state index contributed by atoms with van der Waals surface area (Å²) in [7, 11) is 0. The standard InChI is InChI=1S/C27H34F3N3O2/c1-16(2)21-12-6-17(3)14-24(21)33-23-13-7-18(26(4,5)34)15-22(23)32-25(33)31-19-8-10-20(11-9-19)35-27(28,29)30/h7-11,13,15-17,21,24,34H,6,12,14H2,1-5H3,(H,31,32)/t17-,21+,24-/m1/s1. The first kappa shape index (κ1) is 25.4. The van der Waals surface area contributed by atoms with Gasteiger partial charge in [-0.3, -0.25) is 0 Å². The van der Waals surface area contributed by atoms with Crippen LogP contribution >= 0.6 is 0 Å². The first-order valence-corrected chi connectivity index (χ1v) is 12.2. The first-order valence-electron chi connectivity index (χ1n) is 12.2. The van der Waals surface area contributed by atoms with E-state index in [1.807, 2.05) is 18.2 Å². The molecule has 2 N–H and O–H groups in total. The van der Waals surface area contributed by atoms with E-state index in [1.54, 1.807) is 26.0 Å². The van der Waals surface area contributed by atoms with Crippen LogP contribution in [0.5, 0.6) is 5.75 Å². The molecule has 1 fully saturated rings. The number of hydrogen-bond donors (Lipinski definition) is 2. The molecule has 3 aromatic rings. The summed E-state index contributed by atoms with van der Waals surface area (Å²) >= 11 is 0. The molecule has 1 saturated carbocycles. The summed E-state index contributed by atoms with van der Waals surface area (Å²) in [6, 6.07) is 11.8. The smallest absolute Gasteiger partial charge is 0.406 e. The average Bonchev–Trinajstić information content (AvgIpc) is 3.10. The lowest BCUT2D eigenvalue weighted by molar-refractivity contribution is -0.274. The van der Waals surface area contributed by atoms with Crippen LogP contribution in [0.25, 0.3) is 11.0 Å². The second-order valence-electron chi connectivity index (χ2n) is 10.7. The fourth-order valence-corrected chi connectivity index (χ4v) is 5.22. The number of aromatic nitrogens is 2. The summed E-state index contributed by atoms with van der Waals surface area (Å²) in [4.78, 5) is 4.89. The van der Waals surface area contributed by atoms with Crippen LogP contribution in [0, 0.1) is 17.8 Å². The number of halogens is 3. The van der Waals surface area contributed by atoms with Crippen molar-refractivity contribution in [3.8, 4) is 5.75 Å². The van der Waals surface area contributed by atoms with E-state index < -0.39 is 12.0 Å². The molecule has 1 aliphatic rings. The van der Waals surface area contributed by atoms with Crippen molar-refractivity contribution in [1.82, 2.24) is 9.55 Å². The zero-order valence-corrected chi connectivity index (χ0v) is 20.9. The van der Waals surface area contributed by atoms with Gasteiger partial charge in [0, 0.05) is 11.7 Å². The van der Waals surface area contributed by atoms with Crippen molar-refractivity contribution in [2.24, 2.45) is 17.8 Å². The molecule has 0 saturated heterocycles. The van der Waals surface area contributed by atoms with Crippen LogP contribution in [0.4, 0.5) is 24.8 Å². The van der Waals surface area contributed by atoms with E-state index >= 15 is 0 Å². The highest BCUT2D eigenvalue weighted by Crippen LogP contribution is 2.44. The van der Waals surface area contributed by atoms with Gasteiger partial charge in [0.05, 0.1) is 16.6 Å². The largest absolute Gasteiger partial charge is 0.573 e. The van der Waals surface area contributed by atoms with Gasteiger partial charge in [-0.1, -0.05) is 33.3 Å². The Morgan fingerprint density at radius 2 is 1.77 bits per heavy atom. The van der Waals surface area contributed by atoms with E-state index in [4.69, 9.17) is 4.98 Å². The Morgan fingerprint density at radius 1 is 1.09 bits per heavy atom. The van der Waals surface area contributed by atoms with E-state index in [1.165, 1.54) is 18.6 Å². The molecule has 1 aromatic heterocycles. The lowest BCUT2D eigenvalue weighted by atomic mass is 9.74.